The van der Waals surface area contributed by atoms with Crippen molar-refractivity contribution in [1.82, 2.24) is 5.32 Å². The van der Waals surface area contributed by atoms with Crippen LogP contribution in [0, 0.1) is 5.41 Å². The first-order valence-electron chi connectivity index (χ1n) is 7.82. The van der Waals surface area contributed by atoms with Crippen LogP contribution in [-0.4, -0.2) is 12.3 Å². The Balaban J connectivity index is 1.68. The average Bonchev–Trinajstić information content (AvgIpc) is 2.46. The van der Waals surface area contributed by atoms with Crippen LogP contribution in [0.3, 0.4) is 0 Å². The minimum absolute atomic E-state index is 0.490. The zero-order chi connectivity index (χ0) is 14.0. The zero-order valence-corrected chi connectivity index (χ0v) is 13.8. The van der Waals surface area contributed by atoms with Crippen molar-refractivity contribution in [2.45, 2.75) is 56.4 Å². The molecule has 1 atom stereocenters. The van der Waals surface area contributed by atoms with Crippen LogP contribution in [0.15, 0.2) is 23.1 Å². The third kappa shape index (κ3) is 3.35. The lowest BCUT2D eigenvalue weighted by Gasteiger charge is -2.36. The van der Waals surface area contributed by atoms with Crippen molar-refractivity contribution in [3.8, 4) is 0 Å². The second kappa shape index (κ2) is 6.29. The molecule has 1 N–H and O–H groups in total. The molecule has 110 valence electrons. The van der Waals surface area contributed by atoms with Crippen molar-refractivity contribution in [2.75, 3.05) is 12.3 Å². The van der Waals surface area contributed by atoms with E-state index in [9.17, 15) is 0 Å². The van der Waals surface area contributed by atoms with Gasteiger partial charge in [-0.05, 0) is 54.2 Å². The van der Waals surface area contributed by atoms with E-state index in [1.165, 1.54) is 54.7 Å². The third-order valence-electron chi connectivity index (χ3n) is 4.85. The molecule has 3 rings (SSSR count). The van der Waals surface area contributed by atoms with E-state index in [2.05, 4.69) is 24.4 Å². The van der Waals surface area contributed by atoms with Crippen LogP contribution in [0.1, 0.15) is 57.1 Å². The summed E-state index contributed by atoms with van der Waals surface area (Å²) in [6.45, 7) is 3.60. The second-order valence-electron chi connectivity index (χ2n) is 6.62. The Bertz CT molecular complexity index is 468. The van der Waals surface area contributed by atoms with Gasteiger partial charge in [-0.3, -0.25) is 0 Å². The van der Waals surface area contributed by atoms with Gasteiger partial charge in [0.25, 0.3) is 0 Å². The molecule has 1 fully saturated rings. The van der Waals surface area contributed by atoms with Gasteiger partial charge in [0.15, 0.2) is 0 Å². The van der Waals surface area contributed by atoms with E-state index in [0.717, 1.165) is 11.6 Å². The smallest absolute Gasteiger partial charge is 0.0410 e. The van der Waals surface area contributed by atoms with Crippen molar-refractivity contribution in [3.05, 3.63) is 28.8 Å². The van der Waals surface area contributed by atoms with Gasteiger partial charge in [-0.25, -0.2) is 0 Å². The molecule has 1 aliphatic heterocycles. The van der Waals surface area contributed by atoms with Crippen LogP contribution < -0.4 is 5.32 Å². The number of halogens is 1. The molecule has 0 radical (unpaired) electrons. The Morgan fingerprint density at radius 1 is 1.30 bits per heavy atom. The maximum atomic E-state index is 6.18. The van der Waals surface area contributed by atoms with Crippen molar-refractivity contribution >= 4 is 23.4 Å². The third-order valence-corrected chi connectivity index (χ3v) is 6.20. The fourth-order valence-electron chi connectivity index (χ4n) is 3.53. The summed E-state index contributed by atoms with van der Waals surface area (Å²) in [6, 6.07) is 6.84. The Hall–Kier alpha value is -0.180. The zero-order valence-electron chi connectivity index (χ0n) is 12.3. The summed E-state index contributed by atoms with van der Waals surface area (Å²) in [4.78, 5) is 1.41. The molecule has 0 bridgehead atoms. The van der Waals surface area contributed by atoms with Gasteiger partial charge in [0.05, 0.1) is 0 Å². The van der Waals surface area contributed by atoms with Crippen LogP contribution in [0.5, 0.6) is 0 Å². The predicted molar refractivity (Wildman–Crippen MR) is 88.7 cm³/mol. The first-order chi connectivity index (χ1) is 9.66. The van der Waals surface area contributed by atoms with E-state index in [1.807, 2.05) is 17.8 Å². The van der Waals surface area contributed by atoms with Gasteiger partial charge in [-0.2, -0.15) is 0 Å². The highest BCUT2D eigenvalue weighted by Gasteiger charge is 2.29. The van der Waals surface area contributed by atoms with Gasteiger partial charge in [0, 0.05) is 22.5 Å². The number of rotatable bonds is 3. The average molecular weight is 310 g/mol. The summed E-state index contributed by atoms with van der Waals surface area (Å²) in [5.74, 6) is 1.21. The Morgan fingerprint density at radius 3 is 2.90 bits per heavy atom. The number of thioether (sulfide) groups is 1. The van der Waals surface area contributed by atoms with Crippen molar-refractivity contribution < 1.29 is 0 Å². The van der Waals surface area contributed by atoms with Crippen LogP contribution in [0.25, 0.3) is 0 Å². The summed E-state index contributed by atoms with van der Waals surface area (Å²) >= 11 is 8.14. The van der Waals surface area contributed by atoms with E-state index in [1.54, 1.807) is 0 Å². The van der Waals surface area contributed by atoms with E-state index in [0.29, 0.717) is 11.5 Å². The molecule has 2 aliphatic rings. The van der Waals surface area contributed by atoms with E-state index < -0.39 is 0 Å². The number of fused-ring (bicyclic) bond motifs is 1. The molecule has 1 nitrogen and oxygen atoms in total. The topological polar surface area (TPSA) is 12.0 Å². The fourth-order valence-corrected chi connectivity index (χ4v) is 4.82. The van der Waals surface area contributed by atoms with Crippen molar-refractivity contribution in [1.29, 1.82) is 0 Å². The highest BCUT2D eigenvalue weighted by molar-refractivity contribution is 7.99. The molecule has 20 heavy (non-hydrogen) atoms. The van der Waals surface area contributed by atoms with E-state index >= 15 is 0 Å². The lowest BCUT2D eigenvalue weighted by atomic mass is 9.75. The number of hydrogen-bond donors (Lipinski definition) is 1. The van der Waals surface area contributed by atoms with Crippen LogP contribution in [0.4, 0.5) is 0 Å². The quantitative estimate of drug-likeness (QED) is 0.798. The Labute approximate surface area is 131 Å². The fraction of sp³-hybridized carbons (Fsp3) is 0.647. The molecular formula is C17H24ClNS. The second-order valence-corrected chi connectivity index (χ2v) is 8.20. The molecule has 0 amide bonds. The monoisotopic (exact) mass is 309 g/mol. The lowest BCUT2D eigenvalue weighted by Crippen LogP contribution is -2.36. The van der Waals surface area contributed by atoms with Gasteiger partial charge in [-0.1, -0.05) is 37.8 Å². The summed E-state index contributed by atoms with van der Waals surface area (Å²) in [7, 11) is 0. The van der Waals surface area contributed by atoms with Gasteiger partial charge >= 0.3 is 0 Å². The first kappa shape index (κ1) is 14.7. The van der Waals surface area contributed by atoms with Crippen LogP contribution in [0.2, 0.25) is 5.02 Å². The molecule has 1 aromatic carbocycles. The molecule has 1 heterocycles. The normalized spacial score (nSPS) is 25.2. The summed E-state index contributed by atoms with van der Waals surface area (Å²) in [6.07, 6.45) is 8.21. The number of nitrogens with one attached hydrogen (secondary N) is 1. The maximum Gasteiger partial charge on any atom is 0.0410 e. The SMILES string of the molecule is CC1(CNC2CCSc3ccc(Cl)cc32)CCCCC1. The van der Waals surface area contributed by atoms with E-state index in [-0.39, 0.29) is 0 Å². The largest absolute Gasteiger partial charge is 0.309 e. The lowest BCUT2D eigenvalue weighted by molar-refractivity contribution is 0.199. The Kier molecular flexibility index (Phi) is 4.64. The molecule has 0 saturated heterocycles. The Morgan fingerprint density at radius 2 is 2.10 bits per heavy atom. The molecule has 3 heteroatoms. The first-order valence-corrected chi connectivity index (χ1v) is 9.18. The van der Waals surface area contributed by atoms with Gasteiger partial charge in [0.1, 0.15) is 0 Å². The number of benzene rings is 1. The summed E-state index contributed by atoms with van der Waals surface area (Å²) in [5, 5.41) is 4.71. The standard InChI is InChI=1S/C17H24ClNS/c1-17(8-3-2-4-9-17)12-19-15-7-10-20-16-6-5-13(18)11-14(15)16/h5-6,11,15,19H,2-4,7-10,12H2,1H3. The molecule has 1 aliphatic carbocycles. The number of hydrogen-bond acceptors (Lipinski definition) is 2. The molecular weight excluding hydrogens is 286 g/mol. The molecule has 0 spiro atoms. The van der Waals surface area contributed by atoms with Gasteiger partial charge in [0.2, 0.25) is 0 Å². The highest BCUT2D eigenvalue weighted by atomic mass is 35.5. The van der Waals surface area contributed by atoms with E-state index in [4.69, 9.17) is 11.6 Å². The molecule has 0 aromatic heterocycles. The minimum atomic E-state index is 0.490. The highest BCUT2D eigenvalue weighted by Crippen LogP contribution is 2.39. The van der Waals surface area contributed by atoms with Crippen molar-refractivity contribution in [2.24, 2.45) is 5.41 Å². The van der Waals surface area contributed by atoms with Gasteiger partial charge in [-0.15, -0.1) is 11.8 Å². The maximum absolute atomic E-state index is 6.18. The molecule has 1 saturated carbocycles. The molecule has 1 aromatic rings. The minimum Gasteiger partial charge on any atom is -0.309 e. The predicted octanol–water partition coefficient (Wildman–Crippen LogP) is 5.44. The van der Waals surface area contributed by atoms with Crippen LogP contribution >= 0.6 is 23.4 Å². The summed E-state index contributed by atoms with van der Waals surface area (Å²) in [5.41, 5.74) is 1.91. The van der Waals surface area contributed by atoms with Crippen molar-refractivity contribution in [3.63, 3.8) is 0 Å². The molecule has 1 unspecified atom stereocenters. The summed E-state index contributed by atoms with van der Waals surface area (Å²) < 4.78 is 0. The van der Waals surface area contributed by atoms with Gasteiger partial charge < -0.3 is 5.32 Å². The van der Waals surface area contributed by atoms with Crippen LogP contribution in [-0.2, 0) is 0 Å².